The molecule has 0 fully saturated rings. The molecule has 5 heteroatoms. The van der Waals surface area contributed by atoms with Gasteiger partial charge >= 0.3 is 0 Å². The van der Waals surface area contributed by atoms with Crippen molar-refractivity contribution in [3.05, 3.63) is 28.8 Å². The standard InChI is InChI=1S/C12H15BrClNO2/c1-2-8(13)5-6-15-12(17)10-7-9(16)3-4-11(10)14/h3-4,7-8,16H,2,5-6H2,1H3,(H,15,17). The molecular weight excluding hydrogens is 305 g/mol. The number of alkyl halides is 1. The second-order valence-electron chi connectivity index (χ2n) is 3.71. The van der Waals surface area contributed by atoms with Crippen molar-refractivity contribution in [2.45, 2.75) is 24.6 Å². The molecule has 0 saturated carbocycles. The highest BCUT2D eigenvalue weighted by Crippen LogP contribution is 2.21. The molecule has 94 valence electrons. The molecule has 0 aliphatic carbocycles. The van der Waals surface area contributed by atoms with E-state index >= 15 is 0 Å². The lowest BCUT2D eigenvalue weighted by Crippen LogP contribution is -2.26. The summed E-state index contributed by atoms with van der Waals surface area (Å²) in [4.78, 5) is 12.2. The fourth-order valence-electron chi connectivity index (χ4n) is 1.33. The van der Waals surface area contributed by atoms with E-state index in [1.165, 1.54) is 18.2 Å². The van der Waals surface area contributed by atoms with Crippen molar-refractivity contribution in [1.82, 2.24) is 5.32 Å². The van der Waals surface area contributed by atoms with E-state index in [1.54, 1.807) is 0 Å². The zero-order chi connectivity index (χ0) is 12.8. The van der Waals surface area contributed by atoms with Gasteiger partial charge in [-0.25, -0.2) is 0 Å². The first-order chi connectivity index (χ1) is 8.04. The minimum Gasteiger partial charge on any atom is -0.508 e. The lowest BCUT2D eigenvalue weighted by molar-refractivity contribution is 0.0953. The molecule has 2 N–H and O–H groups in total. The first-order valence-electron chi connectivity index (χ1n) is 5.45. The van der Waals surface area contributed by atoms with Gasteiger partial charge in [-0.3, -0.25) is 4.79 Å². The van der Waals surface area contributed by atoms with Gasteiger partial charge in [0, 0.05) is 11.4 Å². The normalized spacial score (nSPS) is 12.2. The monoisotopic (exact) mass is 319 g/mol. The Balaban J connectivity index is 2.55. The summed E-state index contributed by atoms with van der Waals surface area (Å²) < 4.78 is 0. The molecule has 1 aromatic rings. The molecule has 3 nitrogen and oxygen atoms in total. The molecule has 0 heterocycles. The van der Waals surface area contributed by atoms with Crippen molar-refractivity contribution < 1.29 is 9.90 Å². The highest BCUT2D eigenvalue weighted by molar-refractivity contribution is 9.09. The highest BCUT2D eigenvalue weighted by atomic mass is 79.9. The number of phenolic OH excluding ortho intramolecular Hbond substituents is 1. The van der Waals surface area contributed by atoms with E-state index in [0.29, 0.717) is 22.0 Å². The van der Waals surface area contributed by atoms with Crippen LogP contribution in [-0.4, -0.2) is 22.4 Å². The maximum absolute atomic E-state index is 11.8. The van der Waals surface area contributed by atoms with Crippen LogP contribution in [0.3, 0.4) is 0 Å². The Morgan fingerprint density at radius 1 is 1.59 bits per heavy atom. The lowest BCUT2D eigenvalue weighted by atomic mass is 10.2. The predicted octanol–water partition coefficient (Wildman–Crippen LogP) is 3.34. The number of aromatic hydroxyl groups is 1. The van der Waals surface area contributed by atoms with E-state index in [-0.39, 0.29) is 11.7 Å². The van der Waals surface area contributed by atoms with Crippen molar-refractivity contribution in [2.75, 3.05) is 6.54 Å². The van der Waals surface area contributed by atoms with Gasteiger partial charge in [-0.15, -0.1) is 0 Å². The van der Waals surface area contributed by atoms with Crippen molar-refractivity contribution in [3.8, 4) is 5.75 Å². The fourth-order valence-corrected chi connectivity index (χ4v) is 1.76. The second kappa shape index (κ2) is 6.87. The van der Waals surface area contributed by atoms with Gasteiger partial charge in [0.05, 0.1) is 10.6 Å². The van der Waals surface area contributed by atoms with Gasteiger partial charge in [0.15, 0.2) is 0 Å². The van der Waals surface area contributed by atoms with Crippen LogP contribution in [0, 0.1) is 0 Å². The number of halogens is 2. The smallest absolute Gasteiger partial charge is 0.252 e. The maximum Gasteiger partial charge on any atom is 0.252 e. The molecule has 1 amide bonds. The number of benzene rings is 1. The molecule has 1 aromatic carbocycles. The summed E-state index contributed by atoms with van der Waals surface area (Å²) in [6.07, 6.45) is 1.88. The maximum atomic E-state index is 11.8. The topological polar surface area (TPSA) is 49.3 Å². The average Bonchev–Trinajstić information content (AvgIpc) is 2.31. The van der Waals surface area contributed by atoms with E-state index in [4.69, 9.17) is 11.6 Å². The quantitative estimate of drug-likeness (QED) is 0.818. The van der Waals surface area contributed by atoms with Crippen LogP contribution < -0.4 is 5.32 Å². The van der Waals surface area contributed by atoms with Crippen molar-refractivity contribution >= 4 is 33.4 Å². The van der Waals surface area contributed by atoms with E-state index < -0.39 is 0 Å². The van der Waals surface area contributed by atoms with Gasteiger partial charge in [0.25, 0.3) is 5.91 Å². The first kappa shape index (κ1) is 14.3. The van der Waals surface area contributed by atoms with E-state index in [1.807, 2.05) is 0 Å². The number of hydrogen-bond donors (Lipinski definition) is 2. The summed E-state index contributed by atoms with van der Waals surface area (Å²) in [5.41, 5.74) is 0.300. The zero-order valence-corrected chi connectivity index (χ0v) is 11.9. The third kappa shape index (κ3) is 4.56. The molecule has 1 rings (SSSR count). The molecule has 0 spiro atoms. The highest BCUT2D eigenvalue weighted by Gasteiger charge is 2.11. The number of carbonyl (C=O) groups is 1. The van der Waals surface area contributed by atoms with Crippen LogP contribution in [0.15, 0.2) is 18.2 Å². The number of amides is 1. The Hall–Kier alpha value is -0.740. The summed E-state index contributed by atoms with van der Waals surface area (Å²) in [6.45, 7) is 2.65. The van der Waals surface area contributed by atoms with Crippen LogP contribution >= 0.6 is 27.5 Å². The molecule has 0 aliphatic heterocycles. The molecular formula is C12H15BrClNO2. The summed E-state index contributed by atoms with van der Waals surface area (Å²) >= 11 is 9.37. The van der Waals surface area contributed by atoms with E-state index in [9.17, 15) is 9.90 Å². The van der Waals surface area contributed by atoms with Crippen molar-refractivity contribution in [2.24, 2.45) is 0 Å². The summed E-state index contributed by atoms with van der Waals surface area (Å²) in [6, 6.07) is 4.32. The van der Waals surface area contributed by atoms with Crippen LogP contribution in [-0.2, 0) is 0 Å². The van der Waals surface area contributed by atoms with Gasteiger partial charge in [-0.1, -0.05) is 34.5 Å². The van der Waals surface area contributed by atoms with Gasteiger partial charge in [0.2, 0.25) is 0 Å². The number of rotatable bonds is 5. The van der Waals surface area contributed by atoms with Crippen LogP contribution in [0.5, 0.6) is 5.75 Å². The molecule has 0 bridgehead atoms. The molecule has 0 radical (unpaired) electrons. The van der Waals surface area contributed by atoms with Gasteiger partial charge < -0.3 is 10.4 Å². The van der Waals surface area contributed by atoms with Crippen LogP contribution in [0.1, 0.15) is 30.1 Å². The fraction of sp³-hybridized carbons (Fsp3) is 0.417. The summed E-state index contributed by atoms with van der Waals surface area (Å²) in [5, 5.41) is 12.4. The van der Waals surface area contributed by atoms with E-state index in [2.05, 4.69) is 28.2 Å². The Bertz CT molecular complexity index is 398. The van der Waals surface area contributed by atoms with Gasteiger partial charge in [0.1, 0.15) is 5.75 Å². The third-order valence-corrected chi connectivity index (χ3v) is 3.82. The number of hydrogen-bond acceptors (Lipinski definition) is 2. The van der Waals surface area contributed by atoms with Gasteiger partial charge in [-0.2, -0.15) is 0 Å². The minimum atomic E-state index is -0.262. The lowest BCUT2D eigenvalue weighted by Gasteiger charge is -2.09. The average molecular weight is 321 g/mol. The molecule has 0 aromatic heterocycles. The van der Waals surface area contributed by atoms with Crippen molar-refractivity contribution in [1.29, 1.82) is 0 Å². The SMILES string of the molecule is CCC(Br)CCNC(=O)c1cc(O)ccc1Cl. The Kier molecular flexibility index (Phi) is 5.78. The molecule has 0 aliphatic rings. The second-order valence-corrected chi connectivity index (χ2v) is 5.42. The Labute approximate surface area is 114 Å². The molecule has 1 atom stereocenters. The molecule has 0 saturated heterocycles. The largest absolute Gasteiger partial charge is 0.508 e. The summed E-state index contributed by atoms with van der Waals surface area (Å²) in [7, 11) is 0. The molecule has 17 heavy (non-hydrogen) atoms. The van der Waals surface area contributed by atoms with Crippen LogP contribution in [0.25, 0.3) is 0 Å². The van der Waals surface area contributed by atoms with Crippen LogP contribution in [0.2, 0.25) is 5.02 Å². The zero-order valence-electron chi connectivity index (χ0n) is 9.54. The predicted molar refractivity (Wildman–Crippen MR) is 73.1 cm³/mol. The number of phenols is 1. The Morgan fingerprint density at radius 3 is 2.94 bits per heavy atom. The van der Waals surface area contributed by atoms with E-state index in [0.717, 1.165) is 12.8 Å². The Morgan fingerprint density at radius 2 is 2.29 bits per heavy atom. The number of nitrogens with one attached hydrogen (secondary N) is 1. The number of carbonyl (C=O) groups excluding carboxylic acids is 1. The molecule has 1 unspecified atom stereocenters. The van der Waals surface area contributed by atoms with Crippen LogP contribution in [0.4, 0.5) is 0 Å². The van der Waals surface area contributed by atoms with Crippen molar-refractivity contribution in [3.63, 3.8) is 0 Å². The first-order valence-corrected chi connectivity index (χ1v) is 6.74. The third-order valence-electron chi connectivity index (χ3n) is 2.38. The minimum absolute atomic E-state index is 0.0338. The summed E-state index contributed by atoms with van der Waals surface area (Å²) in [5.74, 6) is -0.229. The van der Waals surface area contributed by atoms with Gasteiger partial charge in [-0.05, 0) is 31.0 Å².